The largest absolute Gasteiger partial charge is 0.314 e. The molecule has 1 aromatic carbocycles. The summed E-state index contributed by atoms with van der Waals surface area (Å²) in [5.74, 6) is 3.57. The van der Waals surface area contributed by atoms with E-state index in [4.69, 9.17) is 0 Å². The van der Waals surface area contributed by atoms with Crippen LogP contribution in [0.1, 0.15) is 63.5 Å². The number of aryl methyl sites for hydroxylation is 1. The van der Waals surface area contributed by atoms with Gasteiger partial charge in [-0.1, -0.05) is 57.9 Å². The van der Waals surface area contributed by atoms with Gasteiger partial charge in [0, 0.05) is 6.04 Å². The van der Waals surface area contributed by atoms with E-state index in [-0.39, 0.29) is 0 Å². The van der Waals surface area contributed by atoms with Crippen molar-refractivity contribution in [1.82, 2.24) is 5.32 Å². The number of nitrogens with one attached hydrogen (secondary N) is 1. The van der Waals surface area contributed by atoms with Gasteiger partial charge in [-0.05, 0) is 60.6 Å². The van der Waals surface area contributed by atoms with Crippen molar-refractivity contribution < 1.29 is 0 Å². The van der Waals surface area contributed by atoms with Crippen LogP contribution in [0.2, 0.25) is 0 Å². The van der Waals surface area contributed by atoms with Crippen molar-refractivity contribution in [2.24, 2.45) is 17.8 Å². The zero-order chi connectivity index (χ0) is 14.8. The average molecular weight is 285 g/mol. The van der Waals surface area contributed by atoms with E-state index in [0.717, 1.165) is 36.3 Å². The molecular weight excluding hydrogens is 254 g/mol. The van der Waals surface area contributed by atoms with Gasteiger partial charge in [0.05, 0.1) is 0 Å². The van der Waals surface area contributed by atoms with Crippen molar-refractivity contribution in [1.29, 1.82) is 0 Å². The predicted octanol–water partition coefficient (Wildman–Crippen LogP) is 4.77. The summed E-state index contributed by atoms with van der Waals surface area (Å²) in [5, 5.41) is 3.82. The van der Waals surface area contributed by atoms with Gasteiger partial charge in [-0.25, -0.2) is 0 Å². The number of fused-ring (bicyclic) bond motifs is 3. The molecule has 0 heterocycles. The molecule has 1 N–H and O–H groups in total. The summed E-state index contributed by atoms with van der Waals surface area (Å²) in [6.45, 7) is 8.12. The lowest BCUT2D eigenvalue weighted by Gasteiger charge is -2.22. The van der Waals surface area contributed by atoms with Crippen LogP contribution in [-0.4, -0.2) is 12.6 Å². The van der Waals surface area contributed by atoms with Crippen LogP contribution >= 0.6 is 0 Å². The lowest BCUT2D eigenvalue weighted by molar-refractivity contribution is 0.346. The quantitative estimate of drug-likeness (QED) is 0.761. The number of hydrogen-bond donors (Lipinski definition) is 1. The van der Waals surface area contributed by atoms with Crippen LogP contribution in [0.15, 0.2) is 24.3 Å². The Morgan fingerprint density at radius 3 is 2.81 bits per heavy atom. The van der Waals surface area contributed by atoms with Gasteiger partial charge in [0.1, 0.15) is 0 Å². The first-order valence-corrected chi connectivity index (χ1v) is 9.07. The minimum absolute atomic E-state index is 0.734. The molecule has 0 bridgehead atoms. The zero-order valence-electron chi connectivity index (χ0n) is 13.9. The molecule has 1 fully saturated rings. The van der Waals surface area contributed by atoms with E-state index in [2.05, 4.69) is 50.4 Å². The molecular formula is C20H31N. The Labute approximate surface area is 130 Å². The van der Waals surface area contributed by atoms with E-state index in [0.29, 0.717) is 0 Å². The molecule has 116 valence electrons. The maximum absolute atomic E-state index is 3.82. The van der Waals surface area contributed by atoms with Crippen molar-refractivity contribution in [2.45, 2.75) is 64.8 Å². The van der Waals surface area contributed by atoms with E-state index in [1.54, 1.807) is 11.1 Å². The van der Waals surface area contributed by atoms with Crippen molar-refractivity contribution >= 4 is 0 Å². The molecule has 1 aromatic rings. The van der Waals surface area contributed by atoms with E-state index in [9.17, 15) is 0 Å². The van der Waals surface area contributed by atoms with Crippen molar-refractivity contribution in [2.75, 3.05) is 6.54 Å². The van der Waals surface area contributed by atoms with Gasteiger partial charge in [0.15, 0.2) is 0 Å². The third-order valence-electron chi connectivity index (χ3n) is 5.76. The highest BCUT2D eigenvalue weighted by molar-refractivity contribution is 5.40. The van der Waals surface area contributed by atoms with Gasteiger partial charge in [0.2, 0.25) is 0 Å². The highest BCUT2D eigenvalue weighted by atomic mass is 14.9. The first kappa shape index (κ1) is 15.1. The van der Waals surface area contributed by atoms with Gasteiger partial charge in [-0.3, -0.25) is 0 Å². The Hall–Kier alpha value is -0.820. The third kappa shape index (κ3) is 3.04. The molecule has 1 heteroatoms. The molecule has 2 aliphatic rings. The van der Waals surface area contributed by atoms with Crippen molar-refractivity contribution in [3.05, 3.63) is 35.4 Å². The Bertz CT molecular complexity index is 467. The monoisotopic (exact) mass is 285 g/mol. The molecule has 5 unspecified atom stereocenters. The molecule has 21 heavy (non-hydrogen) atoms. The Morgan fingerprint density at radius 2 is 2.05 bits per heavy atom. The average Bonchev–Trinajstić information content (AvgIpc) is 3.22. The maximum atomic E-state index is 3.82. The van der Waals surface area contributed by atoms with Gasteiger partial charge in [-0.2, -0.15) is 0 Å². The Morgan fingerprint density at radius 1 is 1.24 bits per heavy atom. The van der Waals surface area contributed by atoms with Crippen molar-refractivity contribution in [3.8, 4) is 0 Å². The summed E-state index contributed by atoms with van der Waals surface area (Å²) in [7, 11) is 0. The lowest BCUT2D eigenvalue weighted by atomic mass is 9.91. The molecule has 1 saturated carbocycles. The molecule has 0 aliphatic heterocycles. The summed E-state index contributed by atoms with van der Waals surface area (Å²) < 4.78 is 0. The predicted molar refractivity (Wildman–Crippen MR) is 90.6 cm³/mol. The summed E-state index contributed by atoms with van der Waals surface area (Å²) in [6.07, 6.45) is 6.77. The summed E-state index contributed by atoms with van der Waals surface area (Å²) in [5.41, 5.74) is 3.29. The Balaban J connectivity index is 1.71. The maximum Gasteiger partial charge on any atom is 0.0107 e. The molecule has 0 saturated heterocycles. The summed E-state index contributed by atoms with van der Waals surface area (Å²) in [4.78, 5) is 0. The molecule has 0 aromatic heterocycles. The van der Waals surface area contributed by atoms with E-state index >= 15 is 0 Å². The van der Waals surface area contributed by atoms with Crippen LogP contribution < -0.4 is 5.32 Å². The first-order valence-electron chi connectivity index (χ1n) is 9.07. The minimum atomic E-state index is 0.734. The van der Waals surface area contributed by atoms with Crippen LogP contribution in [0.25, 0.3) is 0 Å². The minimum Gasteiger partial charge on any atom is -0.314 e. The second-order valence-electron chi connectivity index (χ2n) is 7.30. The summed E-state index contributed by atoms with van der Waals surface area (Å²) in [6, 6.07) is 9.92. The van der Waals surface area contributed by atoms with Crippen LogP contribution in [0, 0.1) is 17.8 Å². The number of rotatable bonds is 7. The van der Waals surface area contributed by atoms with Crippen LogP contribution in [0.3, 0.4) is 0 Å². The lowest BCUT2D eigenvalue weighted by Crippen LogP contribution is -2.33. The topological polar surface area (TPSA) is 12.0 Å². The summed E-state index contributed by atoms with van der Waals surface area (Å²) >= 11 is 0. The smallest absolute Gasteiger partial charge is 0.0107 e. The van der Waals surface area contributed by atoms with Crippen LogP contribution in [-0.2, 0) is 6.42 Å². The van der Waals surface area contributed by atoms with E-state index in [1.165, 1.54) is 32.1 Å². The van der Waals surface area contributed by atoms with E-state index in [1.807, 2.05) is 0 Å². The first-order chi connectivity index (χ1) is 10.3. The fourth-order valence-corrected chi connectivity index (χ4v) is 4.85. The molecule has 0 radical (unpaired) electrons. The number of benzene rings is 1. The fraction of sp³-hybridized carbons (Fsp3) is 0.700. The molecule has 1 nitrogen and oxygen atoms in total. The molecule has 0 spiro atoms. The highest BCUT2D eigenvalue weighted by Crippen LogP contribution is 2.61. The van der Waals surface area contributed by atoms with Gasteiger partial charge >= 0.3 is 0 Å². The highest BCUT2D eigenvalue weighted by Gasteiger charge is 2.55. The zero-order valence-corrected chi connectivity index (χ0v) is 13.9. The molecule has 2 aliphatic carbocycles. The third-order valence-corrected chi connectivity index (χ3v) is 5.76. The molecule has 5 atom stereocenters. The SMILES string of the molecule is CCCC(C)CC(NCC)C1C2CCc3ccccc3C21. The number of hydrogen-bond acceptors (Lipinski definition) is 1. The van der Waals surface area contributed by atoms with Crippen LogP contribution in [0.4, 0.5) is 0 Å². The second-order valence-corrected chi connectivity index (χ2v) is 7.30. The molecule has 3 rings (SSSR count). The van der Waals surface area contributed by atoms with Gasteiger partial charge < -0.3 is 5.32 Å². The normalized spacial score (nSPS) is 29.4. The van der Waals surface area contributed by atoms with Gasteiger partial charge in [0.25, 0.3) is 0 Å². The molecule has 0 amide bonds. The van der Waals surface area contributed by atoms with E-state index < -0.39 is 0 Å². The van der Waals surface area contributed by atoms with Gasteiger partial charge in [-0.15, -0.1) is 0 Å². The van der Waals surface area contributed by atoms with Crippen LogP contribution in [0.5, 0.6) is 0 Å². The standard InChI is InChI=1S/C20H31N/c1-4-8-14(3)13-18(21-5-2)20-17-12-11-15-9-6-7-10-16(15)19(17)20/h6-7,9-10,14,17-21H,4-5,8,11-13H2,1-3H3. The Kier molecular flexibility index (Phi) is 4.69. The second kappa shape index (κ2) is 6.52. The van der Waals surface area contributed by atoms with Crippen molar-refractivity contribution in [3.63, 3.8) is 0 Å². The fourth-order valence-electron chi connectivity index (χ4n) is 4.85.